The Balaban J connectivity index is 1.92. The number of carbonyl (C=O) groups is 1. The van der Waals surface area contributed by atoms with Crippen molar-refractivity contribution in [2.45, 2.75) is 11.8 Å². The largest absolute Gasteiger partial charge is 0.483 e. The molecule has 1 aliphatic rings. The third-order valence-corrected chi connectivity index (χ3v) is 3.72. The number of benzene rings is 2. The third-order valence-electron chi connectivity index (χ3n) is 3.72. The molecule has 0 radical (unpaired) electrons. The highest BCUT2D eigenvalue weighted by atomic mass is 19.4. The van der Waals surface area contributed by atoms with Crippen LogP contribution in [-0.2, 0) is 10.5 Å². The second-order valence-corrected chi connectivity index (χ2v) is 5.47. The first kappa shape index (κ1) is 17.6. The van der Waals surface area contributed by atoms with Gasteiger partial charge < -0.3 is 10.5 Å². The number of nitrogens with two attached hydrogens (primary N) is 1. The van der Waals surface area contributed by atoms with E-state index >= 15 is 0 Å². The molecule has 2 aromatic carbocycles. The van der Waals surface area contributed by atoms with Gasteiger partial charge in [0, 0.05) is 11.1 Å². The molecule has 0 saturated heterocycles. The van der Waals surface area contributed by atoms with Gasteiger partial charge in [-0.1, -0.05) is 42.5 Å². The van der Waals surface area contributed by atoms with Gasteiger partial charge in [0.1, 0.15) is 12.1 Å². The van der Waals surface area contributed by atoms with Crippen LogP contribution >= 0.6 is 0 Å². The molecule has 1 aliphatic heterocycles. The number of alkyl halides is 3. The lowest BCUT2D eigenvalue weighted by molar-refractivity contribution is -0.153. The van der Waals surface area contributed by atoms with Crippen molar-refractivity contribution in [2.75, 3.05) is 6.61 Å². The van der Waals surface area contributed by atoms with Gasteiger partial charge in [-0.05, 0) is 11.6 Å². The summed E-state index contributed by atoms with van der Waals surface area (Å²) in [7, 11) is 0. The minimum absolute atomic E-state index is 0.0979. The van der Waals surface area contributed by atoms with E-state index in [-0.39, 0.29) is 5.75 Å². The quantitative estimate of drug-likeness (QED) is 0.883. The summed E-state index contributed by atoms with van der Waals surface area (Å²) in [6, 6.07) is 12.7. The fourth-order valence-electron chi connectivity index (χ4n) is 2.50. The molecule has 6 nitrogen and oxygen atoms in total. The van der Waals surface area contributed by atoms with Crippen molar-refractivity contribution in [1.29, 1.82) is 0 Å². The minimum atomic E-state index is -4.43. The van der Waals surface area contributed by atoms with Crippen molar-refractivity contribution in [1.82, 2.24) is 0 Å². The van der Waals surface area contributed by atoms with Crippen LogP contribution in [0, 0.1) is 0 Å². The van der Waals surface area contributed by atoms with E-state index in [0.29, 0.717) is 16.7 Å². The molecule has 0 aliphatic carbocycles. The van der Waals surface area contributed by atoms with Crippen LogP contribution in [0.15, 0.2) is 63.8 Å². The maximum Gasteiger partial charge on any atom is 0.422 e. The first-order chi connectivity index (χ1) is 12.3. The Labute approximate surface area is 146 Å². The Bertz CT molecular complexity index is 864. The van der Waals surface area contributed by atoms with E-state index in [1.165, 1.54) is 6.07 Å². The lowest BCUT2D eigenvalue weighted by Crippen LogP contribution is -2.36. The summed E-state index contributed by atoms with van der Waals surface area (Å²) in [5.74, 6) is -0.683. The van der Waals surface area contributed by atoms with Gasteiger partial charge in [0.2, 0.25) is 0 Å². The second-order valence-electron chi connectivity index (χ2n) is 5.47. The number of para-hydroxylation sites is 1. The van der Waals surface area contributed by atoms with Crippen molar-refractivity contribution in [3.8, 4) is 16.9 Å². The molecule has 3 rings (SSSR count). The number of primary amides is 1. The predicted octanol–water partition coefficient (Wildman–Crippen LogP) is 3.43. The van der Waals surface area contributed by atoms with Gasteiger partial charge in [0.05, 0.1) is 0 Å². The standard InChI is InChI=1S/C17H13F3N4O2/c18-16(19,20)9-26-14-4-2-1-3-13(14)11-5-7-12(8-6-11)17(15(21)25)22-10-23-24-17/h1-8,10H,9H2,(H2,21,25). The molecular formula is C17H13F3N4O2. The van der Waals surface area contributed by atoms with E-state index in [2.05, 4.69) is 15.2 Å². The molecule has 1 unspecified atom stereocenters. The number of amides is 1. The number of ether oxygens (including phenoxy) is 1. The van der Waals surface area contributed by atoms with Crippen LogP contribution in [0.3, 0.4) is 0 Å². The molecule has 0 aromatic heterocycles. The smallest absolute Gasteiger partial charge is 0.422 e. The molecule has 0 bridgehead atoms. The maximum absolute atomic E-state index is 12.4. The molecule has 26 heavy (non-hydrogen) atoms. The Kier molecular flexibility index (Phi) is 4.45. The Hall–Kier alpha value is -3.23. The minimum Gasteiger partial charge on any atom is -0.483 e. The Morgan fingerprint density at radius 3 is 2.38 bits per heavy atom. The number of nitrogens with zero attached hydrogens (tertiary/aromatic N) is 3. The highest BCUT2D eigenvalue weighted by Crippen LogP contribution is 2.35. The highest BCUT2D eigenvalue weighted by Gasteiger charge is 2.40. The summed E-state index contributed by atoms with van der Waals surface area (Å²) >= 11 is 0. The van der Waals surface area contributed by atoms with Crippen LogP contribution in [0.5, 0.6) is 5.75 Å². The van der Waals surface area contributed by atoms with Gasteiger partial charge in [-0.3, -0.25) is 4.79 Å². The lowest BCUT2D eigenvalue weighted by atomic mass is 9.96. The van der Waals surface area contributed by atoms with Crippen LogP contribution in [0.2, 0.25) is 0 Å². The number of azo groups is 1. The van der Waals surface area contributed by atoms with Crippen molar-refractivity contribution in [3.05, 3.63) is 54.1 Å². The average molecular weight is 362 g/mol. The van der Waals surface area contributed by atoms with E-state index in [1.54, 1.807) is 42.5 Å². The molecule has 2 aromatic rings. The Morgan fingerprint density at radius 2 is 1.81 bits per heavy atom. The predicted molar refractivity (Wildman–Crippen MR) is 87.6 cm³/mol. The molecule has 0 spiro atoms. The zero-order valence-corrected chi connectivity index (χ0v) is 13.3. The van der Waals surface area contributed by atoms with Crippen molar-refractivity contribution in [2.24, 2.45) is 21.0 Å². The molecule has 1 heterocycles. The molecule has 0 fully saturated rings. The molecule has 2 N–H and O–H groups in total. The van der Waals surface area contributed by atoms with E-state index in [9.17, 15) is 18.0 Å². The first-order valence-corrected chi connectivity index (χ1v) is 7.47. The topological polar surface area (TPSA) is 89.4 Å². The summed E-state index contributed by atoms with van der Waals surface area (Å²) in [4.78, 5) is 15.7. The summed E-state index contributed by atoms with van der Waals surface area (Å²) < 4.78 is 42.1. The second kappa shape index (κ2) is 6.58. The van der Waals surface area contributed by atoms with Crippen molar-refractivity contribution < 1.29 is 22.7 Å². The van der Waals surface area contributed by atoms with Gasteiger partial charge >= 0.3 is 6.18 Å². The Morgan fingerprint density at radius 1 is 1.12 bits per heavy atom. The molecular weight excluding hydrogens is 349 g/mol. The van der Waals surface area contributed by atoms with Gasteiger partial charge in [-0.2, -0.15) is 13.2 Å². The first-order valence-electron chi connectivity index (χ1n) is 7.47. The molecule has 1 amide bonds. The van der Waals surface area contributed by atoms with Crippen LogP contribution in [0.25, 0.3) is 11.1 Å². The number of aliphatic imine (C=N–C) groups is 1. The van der Waals surface area contributed by atoms with Crippen LogP contribution in [0.4, 0.5) is 13.2 Å². The summed E-state index contributed by atoms with van der Waals surface area (Å²) in [5.41, 5.74) is 5.26. The van der Waals surface area contributed by atoms with Crippen molar-refractivity contribution in [3.63, 3.8) is 0 Å². The monoisotopic (exact) mass is 362 g/mol. The van der Waals surface area contributed by atoms with Crippen LogP contribution in [0.1, 0.15) is 5.56 Å². The third kappa shape index (κ3) is 3.41. The van der Waals surface area contributed by atoms with E-state index < -0.39 is 24.4 Å². The summed E-state index contributed by atoms with van der Waals surface area (Å²) in [6.45, 7) is -1.39. The van der Waals surface area contributed by atoms with Gasteiger partial charge in [-0.15, -0.1) is 10.2 Å². The molecule has 134 valence electrons. The van der Waals surface area contributed by atoms with E-state index in [4.69, 9.17) is 10.5 Å². The van der Waals surface area contributed by atoms with Crippen LogP contribution < -0.4 is 10.5 Å². The fourth-order valence-corrected chi connectivity index (χ4v) is 2.50. The normalized spacial score (nSPS) is 18.9. The zero-order valence-electron chi connectivity index (χ0n) is 13.3. The number of hydrogen-bond donors (Lipinski definition) is 1. The van der Waals surface area contributed by atoms with Crippen molar-refractivity contribution >= 4 is 12.2 Å². The highest BCUT2D eigenvalue weighted by molar-refractivity contribution is 5.88. The lowest BCUT2D eigenvalue weighted by Gasteiger charge is -2.18. The number of hydrogen-bond acceptors (Lipinski definition) is 5. The molecule has 9 heteroatoms. The van der Waals surface area contributed by atoms with Crippen LogP contribution in [-0.4, -0.2) is 25.0 Å². The number of rotatable bonds is 5. The number of halogens is 3. The number of carbonyl (C=O) groups excluding carboxylic acids is 1. The average Bonchev–Trinajstić information content (AvgIpc) is 3.11. The van der Waals surface area contributed by atoms with E-state index in [0.717, 1.165) is 6.34 Å². The molecule has 0 saturated carbocycles. The van der Waals surface area contributed by atoms with E-state index in [1.807, 2.05) is 0 Å². The summed E-state index contributed by atoms with van der Waals surface area (Å²) in [6.07, 6.45) is -3.30. The summed E-state index contributed by atoms with van der Waals surface area (Å²) in [5, 5.41) is 7.37. The zero-order chi connectivity index (χ0) is 18.8. The van der Waals surface area contributed by atoms with Gasteiger partial charge in [-0.25, -0.2) is 4.99 Å². The van der Waals surface area contributed by atoms with Gasteiger partial charge in [0.25, 0.3) is 11.6 Å². The fraction of sp³-hybridized carbons (Fsp3) is 0.176. The van der Waals surface area contributed by atoms with Gasteiger partial charge in [0.15, 0.2) is 6.61 Å². The maximum atomic E-state index is 12.4. The SMILES string of the molecule is NC(=O)C1(c2ccc(-c3ccccc3OCC(F)(F)F)cc2)N=CN=N1. The molecule has 1 atom stereocenters.